The molecule has 4 N–H and O–H groups in total. The predicted octanol–water partition coefficient (Wildman–Crippen LogP) is 6.57. The molecule has 0 aromatic carbocycles. The molecule has 0 bridgehead atoms. The van der Waals surface area contributed by atoms with E-state index in [1.54, 1.807) is 5.57 Å². The normalized spacial score (nSPS) is 47.9. The second-order valence-electron chi connectivity index (χ2n) is 14.6. The van der Waals surface area contributed by atoms with Crippen molar-refractivity contribution in [2.45, 2.75) is 98.8 Å². The zero-order valence-corrected chi connectivity index (χ0v) is 22.6. The van der Waals surface area contributed by atoms with Gasteiger partial charge in [0.25, 0.3) is 0 Å². The molecule has 0 aliphatic heterocycles. The number of nitrogens with one attached hydrogen (secondary N) is 1. The van der Waals surface area contributed by atoms with Crippen molar-refractivity contribution in [1.29, 1.82) is 0 Å². The summed E-state index contributed by atoms with van der Waals surface area (Å²) in [7, 11) is 0. The fourth-order valence-electron chi connectivity index (χ4n) is 10.9. The lowest BCUT2D eigenvalue weighted by atomic mass is 9.35. The number of anilines is 1. The van der Waals surface area contributed by atoms with Crippen molar-refractivity contribution in [3.8, 4) is 0 Å². The molecule has 6 rings (SSSR count). The van der Waals surface area contributed by atoms with Gasteiger partial charge in [-0.1, -0.05) is 53.2 Å². The van der Waals surface area contributed by atoms with Crippen LogP contribution in [0.1, 0.15) is 104 Å². The van der Waals surface area contributed by atoms with Crippen LogP contribution in [-0.4, -0.2) is 21.3 Å². The van der Waals surface area contributed by atoms with Gasteiger partial charge in [0.05, 0.1) is 11.6 Å². The molecule has 35 heavy (non-hydrogen) atoms. The fourth-order valence-corrected chi connectivity index (χ4v) is 10.9. The van der Waals surface area contributed by atoms with Gasteiger partial charge in [-0.3, -0.25) is 9.89 Å². The summed E-state index contributed by atoms with van der Waals surface area (Å²) in [5.41, 5.74) is 11.1. The van der Waals surface area contributed by atoms with E-state index < -0.39 is 5.97 Å². The highest BCUT2D eigenvalue weighted by Crippen LogP contribution is 2.73. The molecule has 9 atom stereocenters. The van der Waals surface area contributed by atoms with Gasteiger partial charge in [-0.05, 0) is 96.7 Å². The lowest BCUT2D eigenvalue weighted by molar-refractivity contribution is -0.158. The number of fused-ring (bicyclic) bond motifs is 8. The SMILES string of the molecule is C[C@@H]1c2n[nH]c(N)c2C[C@]2(C)C3CC=C4[C@H]5CC(C)(C)C[C@@H](C(=O)O)[C@H]5CC[C@@]4(C)[C@]3(C)CC[C@@H]12. The molecular weight excluding hydrogens is 434 g/mol. The Bertz CT molecular complexity index is 1100. The molecule has 1 aromatic rings. The van der Waals surface area contributed by atoms with Crippen LogP contribution in [0.15, 0.2) is 11.6 Å². The number of hydrogen-bond donors (Lipinski definition) is 3. The molecule has 5 aliphatic carbocycles. The second kappa shape index (κ2) is 7.16. The molecule has 1 aromatic heterocycles. The first-order valence-corrected chi connectivity index (χ1v) is 14.1. The number of hydrogen-bond acceptors (Lipinski definition) is 3. The minimum atomic E-state index is -0.574. The quantitative estimate of drug-likeness (QED) is 0.397. The first kappa shape index (κ1) is 23.6. The van der Waals surface area contributed by atoms with Crippen LogP contribution in [0.5, 0.6) is 0 Å². The van der Waals surface area contributed by atoms with Crippen LogP contribution in [0.4, 0.5) is 5.82 Å². The number of aromatic nitrogens is 2. The Morgan fingerprint density at radius 1 is 1.14 bits per heavy atom. The van der Waals surface area contributed by atoms with E-state index in [4.69, 9.17) is 5.73 Å². The molecule has 3 saturated carbocycles. The molecule has 192 valence electrons. The minimum absolute atomic E-state index is 0.0821. The fraction of sp³-hybridized carbons (Fsp3) is 0.800. The van der Waals surface area contributed by atoms with E-state index >= 15 is 0 Å². The van der Waals surface area contributed by atoms with E-state index in [0.29, 0.717) is 29.6 Å². The van der Waals surface area contributed by atoms with E-state index in [1.807, 2.05) is 0 Å². The number of nitrogens with two attached hydrogens (primary N) is 1. The summed E-state index contributed by atoms with van der Waals surface area (Å²) in [6.45, 7) is 14.7. The van der Waals surface area contributed by atoms with Gasteiger partial charge in [-0.25, -0.2) is 0 Å². The zero-order chi connectivity index (χ0) is 25.1. The summed E-state index contributed by atoms with van der Waals surface area (Å²) in [5.74, 6) is 2.39. The first-order chi connectivity index (χ1) is 16.3. The van der Waals surface area contributed by atoms with Crippen molar-refractivity contribution >= 4 is 11.8 Å². The minimum Gasteiger partial charge on any atom is -0.481 e. The van der Waals surface area contributed by atoms with Gasteiger partial charge in [0.2, 0.25) is 0 Å². The van der Waals surface area contributed by atoms with Gasteiger partial charge in [-0.15, -0.1) is 0 Å². The molecule has 0 radical (unpaired) electrons. The van der Waals surface area contributed by atoms with Crippen molar-refractivity contribution in [2.24, 2.45) is 51.2 Å². The predicted molar refractivity (Wildman–Crippen MR) is 139 cm³/mol. The Labute approximate surface area is 210 Å². The average molecular weight is 480 g/mol. The van der Waals surface area contributed by atoms with E-state index in [2.05, 4.69) is 57.8 Å². The highest BCUT2D eigenvalue weighted by atomic mass is 16.4. The largest absolute Gasteiger partial charge is 0.481 e. The Hall–Kier alpha value is -1.78. The molecule has 5 aliphatic rings. The van der Waals surface area contributed by atoms with Crippen molar-refractivity contribution in [3.05, 3.63) is 22.9 Å². The maximum atomic E-state index is 12.3. The molecule has 1 unspecified atom stereocenters. The number of carbonyl (C=O) groups is 1. The van der Waals surface area contributed by atoms with Crippen LogP contribution in [-0.2, 0) is 11.2 Å². The lowest BCUT2D eigenvalue weighted by Crippen LogP contribution is -2.62. The average Bonchev–Trinajstić information content (AvgIpc) is 3.13. The monoisotopic (exact) mass is 479 g/mol. The van der Waals surface area contributed by atoms with E-state index in [-0.39, 0.29) is 27.6 Å². The van der Waals surface area contributed by atoms with Crippen LogP contribution in [0.3, 0.4) is 0 Å². The van der Waals surface area contributed by atoms with Crippen molar-refractivity contribution < 1.29 is 9.90 Å². The maximum Gasteiger partial charge on any atom is 0.306 e. The topological polar surface area (TPSA) is 92.0 Å². The second-order valence-corrected chi connectivity index (χ2v) is 14.6. The number of nitrogens with zero attached hydrogens (tertiary/aromatic N) is 1. The van der Waals surface area contributed by atoms with Crippen LogP contribution < -0.4 is 5.73 Å². The smallest absolute Gasteiger partial charge is 0.306 e. The maximum absolute atomic E-state index is 12.3. The highest BCUT2D eigenvalue weighted by Gasteiger charge is 2.66. The van der Waals surface area contributed by atoms with Gasteiger partial charge >= 0.3 is 5.97 Å². The van der Waals surface area contributed by atoms with Gasteiger partial charge < -0.3 is 10.8 Å². The number of rotatable bonds is 1. The van der Waals surface area contributed by atoms with Crippen LogP contribution >= 0.6 is 0 Å². The molecule has 0 spiro atoms. The molecule has 0 saturated heterocycles. The van der Waals surface area contributed by atoms with Crippen LogP contribution in [0.2, 0.25) is 0 Å². The number of H-pyrrole nitrogens is 1. The van der Waals surface area contributed by atoms with Gasteiger partial charge in [0.15, 0.2) is 0 Å². The first-order valence-electron chi connectivity index (χ1n) is 14.1. The van der Waals surface area contributed by atoms with Crippen molar-refractivity contribution in [2.75, 3.05) is 5.73 Å². The van der Waals surface area contributed by atoms with E-state index in [0.717, 1.165) is 44.3 Å². The molecule has 1 heterocycles. The molecule has 3 fully saturated rings. The van der Waals surface area contributed by atoms with Crippen LogP contribution in [0, 0.1) is 51.2 Å². The third-order valence-corrected chi connectivity index (χ3v) is 12.7. The third kappa shape index (κ3) is 2.93. The molecule has 5 nitrogen and oxygen atoms in total. The van der Waals surface area contributed by atoms with E-state index in [9.17, 15) is 9.90 Å². The molecule has 5 heteroatoms. The Morgan fingerprint density at radius 3 is 2.60 bits per heavy atom. The van der Waals surface area contributed by atoms with Crippen molar-refractivity contribution in [1.82, 2.24) is 10.2 Å². The van der Waals surface area contributed by atoms with Gasteiger partial charge in [0.1, 0.15) is 5.82 Å². The summed E-state index contributed by atoms with van der Waals surface area (Å²) < 4.78 is 0. The number of carboxylic acid groups (broad SMARTS) is 1. The standard InChI is InChI=1S/C30H45N3O2/c1-16-21-10-12-30(6)23(28(21,4)15-20-24(16)32-33-25(20)31)8-7-22-18-13-27(2,3)14-19(26(34)35)17(18)9-11-29(22,30)5/h7,16-19,21,23H,8-15H2,1-6H3,(H,34,35)(H3,31,32,33)/t16-,17-,18-,19+,21-,23?,28-,29+,30+/m0/s1. The van der Waals surface area contributed by atoms with Gasteiger partial charge in [0, 0.05) is 11.5 Å². The number of carboxylic acids is 1. The Kier molecular flexibility index (Phi) is 4.83. The number of allylic oxidation sites excluding steroid dienone is 2. The Morgan fingerprint density at radius 2 is 1.89 bits per heavy atom. The number of aromatic amines is 1. The number of nitrogen functional groups attached to an aromatic ring is 1. The Balaban J connectivity index is 1.43. The summed E-state index contributed by atoms with van der Waals surface area (Å²) in [6, 6.07) is 0. The highest BCUT2D eigenvalue weighted by molar-refractivity contribution is 5.71. The zero-order valence-electron chi connectivity index (χ0n) is 22.6. The molecular formula is C30H45N3O2. The summed E-state index contributed by atoms with van der Waals surface area (Å²) in [4.78, 5) is 12.3. The van der Waals surface area contributed by atoms with Gasteiger partial charge in [-0.2, -0.15) is 5.10 Å². The summed E-state index contributed by atoms with van der Waals surface area (Å²) in [6.07, 6.45) is 11.4. The van der Waals surface area contributed by atoms with E-state index in [1.165, 1.54) is 24.1 Å². The number of aliphatic carboxylic acids is 1. The van der Waals surface area contributed by atoms with Crippen LogP contribution in [0.25, 0.3) is 0 Å². The van der Waals surface area contributed by atoms with Crippen molar-refractivity contribution in [3.63, 3.8) is 0 Å². The third-order valence-electron chi connectivity index (χ3n) is 12.7. The summed E-state index contributed by atoms with van der Waals surface area (Å²) >= 11 is 0. The summed E-state index contributed by atoms with van der Waals surface area (Å²) in [5, 5.41) is 17.9. The molecule has 0 amide bonds. The lowest BCUT2D eigenvalue weighted by Gasteiger charge is -2.69.